The standard InChI is InChI=1S/C27H20BrN3O4S/c1-16-13-19(17(2)30(16)24-12-11-23(28)21-5-3-4-6-22(21)24)14-25-26(32)29(27(33)36-25)15-18-7-9-20(10-8-18)31(34)35/h3-14H,15H2,1-2H3/b25-14-. The Balaban J connectivity index is 1.46. The van der Waals surface area contributed by atoms with Crippen molar-refractivity contribution in [1.82, 2.24) is 9.47 Å². The van der Waals surface area contributed by atoms with Crippen molar-refractivity contribution in [2.45, 2.75) is 20.4 Å². The lowest BCUT2D eigenvalue weighted by Gasteiger charge is -2.14. The van der Waals surface area contributed by atoms with E-state index in [4.69, 9.17) is 0 Å². The maximum Gasteiger partial charge on any atom is 0.293 e. The van der Waals surface area contributed by atoms with Gasteiger partial charge < -0.3 is 4.57 Å². The molecule has 1 aliphatic rings. The number of non-ortho nitro benzene ring substituents is 1. The lowest BCUT2D eigenvalue weighted by molar-refractivity contribution is -0.384. The molecule has 0 N–H and O–H groups in total. The predicted octanol–water partition coefficient (Wildman–Crippen LogP) is 7.15. The molecule has 180 valence electrons. The van der Waals surface area contributed by atoms with E-state index in [0.717, 1.165) is 49.6 Å². The zero-order valence-electron chi connectivity index (χ0n) is 19.4. The second-order valence-corrected chi connectivity index (χ2v) is 10.3. The quantitative estimate of drug-likeness (QED) is 0.146. The molecule has 1 fully saturated rings. The number of hydrogen-bond donors (Lipinski definition) is 0. The summed E-state index contributed by atoms with van der Waals surface area (Å²) in [7, 11) is 0. The van der Waals surface area contributed by atoms with Crippen LogP contribution in [-0.4, -0.2) is 25.5 Å². The van der Waals surface area contributed by atoms with Gasteiger partial charge in [0.15, 0.2) is 0 Å². The number of nitrogens with zero attached hydrogens (tertiary/aromatic N) is 3. The third kappa shape index (κ3) is 4.25. The molecule has 2 heterocycles. The molecular weight excluding hydrogens is 542 g/mol. The fraction of sp³-hybridized carbons (Fsp3) is 0.111. The lowest BCUT2D eigenvalue weighted by atomic mass is 10.1. The monoisotopic (exact) mass is 561 g/mol. The van der Waals surface area contributed by atoms with E-state index in [2.05, 4.69) is 38.7 Å². The lowest BCUT2D eigenvalue weighted by Crippen LogP contribution is -2.27. The maximum absolute atomic E-state index is 13.1. The first kappa shape index (κ1) is 24.0. The van der Waals surface area contributed by atoms with E-state index in [1.54, 1.807) is 18.2 Å². The van der Waals surface area contributed by atoms with Crippen LogP contribution < -0.4 is 0 Å². The average Bonchev–Trinajstić information content (AvgIpc) is 3.29. The van der Waals surface area contributed by atoms with Gasteiger partial charge in [-0.05, 0) is 66.4 Å². The van der Waals surface area contributed by atoms with Gasteiger partial charge in [-0.15, -0.1) is 0 Å². The molecule has 0 aliphatic carbocycles. The number of halogens is 1. The van der Waals surface area contributed by atoms with E-state index in [1.165, 1.54) is 17.0 Å². The fourth-order valence-corrected chi connectivity index (χ4v) is 5.74. The number of fused-ring (bicyclic) bond motifs is 1. The topological polar surface area (TPSA) is 85.5 Å². The summed E-state index contributed by atoms with van der Waals surface area (Å²) in [5, 5.41) is 12.7. The molecule has 7 nitrogen and oxygen atoms in total. The van der Waals surface area contributed by atoms with Crippen LogP contribution in [0, 0.1) is 24.0 Å². The minimum Gasteiger partial charge on any atom is -0.317 e. The smallest absolute Gasteiger partial charge is 0.293 e. The van der Waals surface area contributed by atoms with Crippen molar-refractivity contribution in [2.75, 3.05) is 0 Å². The second kappa shape index (κ2) is 9.40. The molecule has 1 aliphatic heterocycles. The Labute approximate surface area is 219 Å². The highest BCUT2D eigenvalue weighted by atomic mass is 79.9. The first-order valence-corrected chi connectivity index (χ1v) is 12.7. The summed E-state index contributed by atoms with van der Waals surface area (Å²) in [5.74, 6) is -0.373. The van der Waals surface area contributed by atoms with Gasteiger partial charge in [-0.25, -0.2) is 0 Å². The van der Waals surface area contributed by atoms with E-state index >= 15 is 0 Å². The van der Waals surface area contributed by atoms with Gasteiger partial charge in [0.2, 0.25) is 0 Å². The van der Waals surface area contributed by atoms with E-state index in [-0.39, 0.29) is 23.4 Å². The van der Waals surface area contributed by atoms with Gasteiger partial charge in [0.1, 0.15) is 0 Å². The summed E-state index contributed by atoms with van der Waals surface area (Å²) in [6.07, 6.45) is 1.76. The van der Waals surface area contributed by atoms with Crippen LogP contribution in [0.25, 0.3) is 22.5 Å². The number of aromatic nitrogens is 1. The second-order valence-electron chi connectivity index (χ2n) is 8.47. The van der Waals surface area contributed by atoms with Crippen molar-refractivity contribution in [2.24, 2.45) is 0 Å². The molecule has 1 saturated heterocycles. The molecule has 4 aromatic rings. The Morgan fingerprint density at radius 1 is 1.00 bits per heavy atom. The molecule has 1 aromatic heterocycles. The number of rotatable bonds is 5. The van der Waals surface area contributed by atoms with Crippen molar-refractivity contribution in [3.8, 4) is 5.69 Å². The van der Waals surface area contributed by atoms with Gasteiger partial charge >= 0.3 is 0 Å². The van der Waals surface area contributed by atoms with Crippen molar-refractivity contribution in [3.63, 3.8) is 0 Å². The number of benzene rings is 3. The van der Waals surface area contributed by atoms with Crippen molar-refractivity contribution in [3.05, 3.63) is 109 Å². The van der Waals surface area contributed by atoms with Crippen LogP contribution in [0.5, 0.6) is 0 Å². The third-order valence-electron chi connectivity index (χ3n) is 6.21. The molecule has 0 spiro atoms. The van der Waals surface area contributed by atoms with E-state index in [9.17, 15) is 19.7 Å². The van der Waals surface area contributed by atoms with Crippen LogP contribution >= 0.6 is 27.7 Å². The van der Waals surface area contributed by atoms with Crippen LogP contribution in [-0.2, 0) is 11.3 Å². The zero-order chi connectivity index (χ0) is 25.6. The average molecular weight is 562 g/mol. The fourth-order valence-electron chi connectivity index (χ4n) is 4.43. The molecule has 0 bridgehead atoms. The molecule has 36 heavy (non-hydrogen) atoms. The number of nitro groups is 1. The molecular formula is C27H20BrN3O4S. The van der Waals surface area contributed by atoms with Crippen molar-refractivity contribution < 1.29 is 14.5 Å². The summed E-state index contributed by atoms with van der Waals surface area (Å²) in [6, 6.07) is 20.1. The van der Waals surface area contributed by atoms with Gasteiger partial charge in [0.25, 0.3) is 16.8 Å². The molecule has 2 amide bonds. The highest BCUT2D eigenvalue weighted by molar-refractivity contribution is 9.10. The third-order valence-corrected chi connectivity index (χ3v) is 7.81. The van der Waals surface area contributed by atoms with Crippen LogP contribution in [0.4, 0.5) is 10.5 Å². The summed E-state index contributed by atoms with van der Waals surface area (Å²) < 4.78 is 3.17. The van der Waals surface area contributed by atoms with Gasteiger partial charge in [-0.3, -0.25) is 24.6 Å². The molecule has 0 unspecified atom stereocenters. The minimum atomic E-state index is -0.486. The Morgan fingerprint density at radius 3 is 2.39 bits per heavy atom. The molecule has 0 saturated carbocycles. The van der Waals surface area contributed by atoms with Gasteiger partial charge in [-0.2, -0.15) is 0 Å². The number of hydrogen-bond acceptors (Lipinski definition) is 5. The van der Waals surface area contributed by atoms with Crippen molar-refractivity contribution >= 4 is 61.4 Å². The minimum absolute atomic E-state index is 0.0401. The van der Waals surface area contributed by atoms with Crippen LogP contribution in [0.1, 0.15) is 22.5 Å². The number of carbonyl (C=O) groups excluding carboxylic acids is 2. The largest absolute Gasteiger partial charge is 0.317 e. The van der Waals surface area contributed by atoms with Crippen LogP contribution in [0.15, 0.2) is 76.1 Å². The van der Waals surface area contributed by atoms with E-state index in [0.29, 0.717) is 10.5 Å². The Kier molecular flexibility index (Phi) is 6.27. The first-order chi connectivity index (χ1) is 17.2. The van der Waals surface area contributed by atoms with Gasteiger partial charge in [0.05, 0.1) is 22.1 Å². The highest BCUT2D eigenvalue weighted by Crippen LogP contribution is 2.36. The molecule has 0 atom stereocenters. The number of nitro benzene ring substituents is 1. The molecule has 5 rings (SSSR count). The SMILES string of the molecule is Cc1cc(/C=C2\SC(=O)N(Cc3ccc([N+](=O)[O-])cc3)C2=O)c(C)n1-c1ccc(Br)c2ccccc12. The Hall–Kier alpha value is -3.69. The highest BCUT2D eigenvalue weighted by Gasteiger charge is 2.35. The Bertz CT molecular complexity index is 1590. The summed E-state index contributed by atoms with van der Waals surface area (Å²) in [6.45, 7) is 4.07. The Morgan fingerprint density at radius 2 is 1.69 bits per heavy atom. The van der Waals surface area contributed by atoms with E-state index < -0.39 is 4.92 Å². The zero-order valence-corrected chi connectivity index (χ0v) is 21.8. The number of carbonyl (C=O) groups is 2. The molecule has 0 radical (unpaired) electrons. The predicted molar refractivity (Wildman–Crippen MR) is 145 cm³/mol. The van der Waals surface area contributed by atoms with Crippen molar-refractivity contribution in [1.29, 1.82) is 0 Å². The number of amides is 2. The molecule has 9 heteroatoms. The summed E-state index contributed by atoms with van der Waals surface area (Å²) in [5.41, 5.74) is 4.47. The van der Waals surface area contributed by atoms with Gasteiger partial charge in [0, 0.05) is 33.4 Å². The summed E-state index contributed by atoms with van der Waals surface area (Å²) in [4.78, 5) is 37.6. The van der Waals surface area contributed by atoms with Crippen LogP contribution in [0.2, 0.25) is 0 Å². The molecule has 3 aromatic carbocycles. The first-order valence-electron chi connectivity index (χ1n) is 11.1. The summed E-state index contributed by atoms with van der Waals surface area (Å²) >= 11 is 4.53. The number of imide groups is 1. The van der Waals surface area contributed by atoms with E-state index in [1.807, 2.05) is 38.1 Å². The van der Waals surface area contributed by atoms with Crippen LogP contribution in [0.3, 0.4) is 0 Å². The maximum atomic E-state index is 13.1. The number of aryl methyl sites for hydroxylation is 1. The number of thioether (sulfide) groups is 1. The van der Waals surface area contributed by atoms with Gasteiger partial charge in [-0.1, -0.05) is 52.3 Å². The normalized spacial score (nSPS) is 14.9.